The Morgan fingerprint density at radius 2 is 1.60 bits per heavy atom. The molecule has 1 heterocycles. The number of primary amides is 1. The number of carbonyl (C=O) groups is 1. The Hall–Kier alpha value is -0.810. The summed E-state index contributed by atoms with van der Waals surface area (Å²) >= 11 is 0. The van der Waals surface area contributed by atoms with Crippen molar-refractivity contribution in [1.82, 2.24) is 0 Å². The molecule has 5 heteroatoms. The third kappa shape index (κ3) is 10.2. The molecule has 1 aliphatic heterocycles. The van der Waals surface area contributed by atoms with Crippen LogP contribution in [0.4, 0.5) is 4.79 Å². The Balaban J connectivity index is 0.000000180. The van der Waals surface area contributed by atoms with Crippen molar-refractivity contribution in [3.05, 3.63) is 0 Å². The Morgan fingerprint density at radius 1 is 1.30 bits per heavy atom. The predicted molar refractivity (Wildman–Crippen MR) is 33.4 cm³/mol. The lowest BCUT2D eigenvalue weighted by molar-refractivity contribution is -0.312. The van der Waals surface area contributed by atoms with E-state index in [-0.39, 0.29) is 0 Å². The molecule has 1 rings (SSSR count). The van der Waals surface area contributed by atoms with E-state index in [1.54, 1.807) is 0 Å². The van der Waals surface area contributed by atoms with E-state index in [9.17, 15) is 0 Å². The van der Waals surface area contributed by atoms with Crippen LogP contribution in [-0.2, 0) is 9.78 Å². The molecule has 0 aromatic rings. The highest BCUT2D eigenvalue weighted by Gasteiger charge is 1.95. The maximum absolute atomic E-state index is 8.78. The van der Waals surface area contributed by atoms with E-state index >= 15 is 0 Å². The second kappa shape index (κ2) is 6.31. The van der Waals surface area contributed by atoms with Gasteiger partial charge in [0, 0.05) is 0 Å². The normalized spacial score (nSPS) is 16.8. The van der Waals surface area contributed by atoms with E-state index in [2.05, 4.69) is 15.5 Å². The zero-order valence-electron chi connectivity index (χ0n) is 5.58. The zero-order valence-corrected chi connectivity index (χ0v) is 5.58. The average molecular weight is 149 g/mol. The van der Waals surface area contributed by atoms with Gasteiger partial charge in [0.1, 0.15) is 0 Å². The average Bonchev–Trinajstić information content (AvgIpc) is 1.90. The van der Waals surface area contributed by atoms with Crippen LogP contribution in [0.2, 0.25) is 0 Å². The van der Waals surface area contributed by atoms with E-state index in [0.29, 0.717) is 0 Å². The van der Waals surface area contributed by atoms with Crippen LogP contribution in [0.15, 0.2) is 0 Å². The molecule has 1 amide bonds. The van der Waals surface area contributed by atoms with Crippen LogP contribution in [0, 0.1) is 0 Å². The molecule has 1 saturated heterocycles. The second-order valence-electron chi connectivity index (χ2n) is 1.69. The van der Waals surface area contributed by atoms with Gasteiger partial charge in [0.2, 0.25) is 0 Å². The third-order valence-electron chi connectivity index (χ3n) is 0.789. The smallest absolute Gasteiger partial charge is 0.402 e. The molecule has 0 spiro atoms. The van der Waals surface area contributed by atoms with Crippen molar-refractivity contribution >= 4 is 6.09 Å². The molecule has 0 bridgehead atoms. The number of carboxylic acid groups (broad SMARTS) is 1. The topological polar surface area (TPSA) is 81.8 Å². The van der Waals surface area contributed by atoms with Gasteiger partial charge in [-0.05, 0) is 12.8 Å². The van der Waals surface area contributed by atoms with Gasteiger partial charge in [-0.25, -0.2) is 14.6 Å². The van der Waals surface area contributed by atoms with Gasteiger partial charge in [0.25, 0.3) is 0 Å². The molecular weight excluding hydrogens is 138 g/mol. The van der Waals surface area contributed by atoms with Gasteiger partial charge >= 0.3 is 6.09 Å². The number of amides is 1. The van der Waals surface area contributed by atoms with E-state index in [1.165, 1.54) is 0 Å². The molecule has 0 saturated carbocycles. The minimum Gasteiger partial charge on any atom is -0.465 e. The Kier molecular flexibility index (Phi) is 5.80. The lowest BCUT2D eigenvalue weighted by atomic mass is 10.3. The number of nitrogens with two attached hydrogens (primary N) is 1. The first kappa shape index (κ1) is 9.19. The Morgan fingerprint density at radius 3 is 1.70 bits per heavy atom. The molecule has 0 unspecified atom stereocenters. The van der Waals surface area contributed by atoms with Gasteiger partial charge in [0.05, 0.1) is 13.2 Å². The highest BCUT2D eigenvalue weighted by Crippen LogP contribution is 1.97. The van der Waals surface area contributed by atoms with Crippen LogP contribution in [0.5, 0.6) is 0 Å². The molecule has 3 N–H and O–H groups in total. The second-order valence-corrected chi connectivity index (χ2v) is 1.69. The standard InChI is InChI=1S/C4H8O2.CH3NO2/c1-2-4-6-5-3-1;2-1(3)4/h1-4H2;2H2,(H,3,4). The largest absolute Gasteiger partial charge is 0.465 e. The van der Waals surface area contributed by atoms with E-state index < -0.39 is 6.09 Å². The summed E-state index contributed by atoms with van der Waals surface area (Å²) in [6.07, 6.45) is 0.972. The molecule has 0 aliphatic carbocycles. The van der Waals surface area contributed by atoms with Gasteiger partial charge < -0.3 is 10.8 Å². The fourth-order valence-electron chi connectivity index (χ4n) is 0.440. The van der Waals surface area contributed by atoms with Crippen molar-refractivity contribution in [1.29, 1.82) is 0 Å². The summed E-state index contributed by atoms with van der Waals surface area (Å²) in [5, 5.41) is 7.19. The van der Waals surface area contributed by atoms with Crippen molar-refractivity contribution in [3.63, 3.8) is 0 Å². The Labute approximate surface area is 58.7 Å². The maximum Gasteiger partial charge on any atom is 0.402 e. The van der Waals surface area contributed by atoms with Crippen molar-refractivity contribution in [3.8, 4) is 0 Å². The van der Waals surface area contributed by atoms with E-state index in [1.807, 2.05) is 0 Å². The van der Waals surface area contributed by atoms with Crippen molar-refractivity contribution in [2.75, 3.05) is 13.2 Å². The summed E-state index contributed by atoms with van der Waals surface area (Å²) in [6, 6.07) is 0. The number of rotatable bonds is 0. The fraction of sp³-hybridized carbons (Fsp3) is 0.800. The van der Waals surface area contributed by atoms with Gasteiger partial charge in [0.15, 0.2) is 0 Å². The summed E-state index contributed by atoms with van der Waals surface area (Å²) in [5.74, 6) is 0. The number of hydrogen-bond donors (Lipinski definition) is 2. The van der Waals surface area contributed by atoms with Crippen molar-refractivity contribution in [2.45, 2.75) is 12.8 Å². The molecule has 1 fully saturated rings. The van der Waals surface area contributed by atoms with Crippen molar-refractivity contribution < 1.29 is 19.7 Å². The summed E-state index contributed by atoms with van der Waals surface area (Å²) in [4.78, 5) is 17.9. The minimum atomic E-state index is -1.33. The van der Waals surface area contributed by atoms with Crippen LogP contribution in [0.3, 0.4) is 0 Å². The lowest BCUT2D eigenvalue weighted by Gasteiger charge is -2.07. The lowest BCUT2D eigenvalue weighted by Crippen LogP contribution is -2.05. The molecule has 1 aliphatic rings. The predicted octanol–water partition coefficient (Wildman–Crippen LogP) is 0.352. The quantitative estimate of drug-likeness (QED) is 0.487. The van der Waals surface area contributed by atoms with Gasteiger partial charge in [-0.1, -0.05) is 0 Å². The molecule has 0 atom stereocenters. The monoisotopic (exact) mass is 149 g/mol. The van der Waals surface area contributed by atoms with E-state index in [0.717, 1.165) is 26.1 Å². The Bertz CT molecular complexity index is 76.1. The maximum atomic E-state index is 8.78. The summed E-state index contributed by atoms with van der Waals surface area (Å²) < 4.78 is 0. The molecule has 0 aromatic heterocycles. The van der Waals surface area contributed by atoms with Crippen LogP contribution in [-0.4, -0.2) is 24.4 Å². The van der Waals surface area contributed by atoms with Crippen LogP contribution in [0.25, 0.3) is 0 Å². The molecule has 0 aromatic carbocycles. The van der Waals surface area contributed by atoms with Gasteiger partial charge in [-0.2, -0.15) is 0 Å². The van der Waals surface area contributed by atoms with Crippen LogP contribution in [0.1, 0.15) is 12.8 Å². The first-order valence-electron chi connectivity index (χ1n) is 2.96. The summed E-state index contributed by atoms with van der Waals surface area (Å²) in [6.45, 7) is 1.56. The third-order valence-corrected chi connectivity index (χ3v) is 0.789. The molecule has 60 valence electrons. The van der Waals surface area contributed by atoms with E-state index in [4.69, 9.17) is 9.90 Å². The molecule has 5 nitrogen and oxygen atoms in total. The number of hydrogen-bond acceptors (Lipinski definition) is 3. The van der Waals surface area contributed by atoms with Gasteiger partial charge in [-0.3, -0.25) is 0 Å². The highest BCUT2D eigenvalue weighted by atomic mass is 17.2. The van der Waals surface area contributed by atoms with Crippen LogP contribution >= 0.6 is 0 Å². The molecule has 10 heavy (non-hydrogen) atoms. The fourth-order valence-corrected chi connectivity index (χ4v) is 0.440. The van der Waals surface area contributed by atoms with Gasteiger partial charge in [-0.15, -0.1) is 0 Å². The highest BCUT2D eigenvalue weighted by molar-refractivity contribution is 5.61. The minimum absolute atomic E-state index is 0.778. The summed E-state index contributed by atoms with van der Waals surface area (Å²) in [7, 11) is 0. The first-order chi connectivity index (χ1) is 4.73. The van der Waals surface area contributed by atoms with Crippen LogP contribution < -0.4 is 5.73 Å². The summed E-state index contributed by atoms with van der Waals surface area (Å²) in [5.41, 5.74) is 4.03. The zero-order chi connectivity index (χ0) is 7.82. The first-order valence-corrected chi connectivity index (χ1v) is 2.96. The molecular formula is C5H11NO4. The van der Waals surface area contributed by atoms with Crippen molar-refractivity contribution in [2.24, 2.45) is 5.73 Å². The molecule has 0 radical (unpaired) electrons. The SMILES string of the molecule is C1CCOOC1.NC(=O)O.